The summed E-state index contributed by atoms with van der Waals surface area (Å²) < 4.78 is 0. The highest BCUT2D eigenvalue weighted by molar-refractivity contribution is 5.75. The Hall–Kier alpha value is -0.770. The number of hydrogen-bond donors (Lipinski definition) is 2. The monoisotopic (exact) mass is 185 g/mol. The van der Waals surface area contributed by atoms with Gasteiger partial charge >= 0.3 is 6.03 Å². The van der Waals surface area contributed by atoms with Crippen LogP contribution in [0.2, 0.25) is 0 Å². The molecule has 13 heavy (non-hydrogen) atoms. The Balaban J connectivity index is 2.38. The zero-order valence-electron chi connectivity index (χ0n) is 8.68. The Labute approximate surface area is 79.7 Å². The Morgan fingerprint density at radius 1 is 1.31 bits per heavy atom. The Bertz CT molecular complexity index is 180. The van der Waals surface area contributed by atoms with Gasteiger partial charge in [0.2, 0.25) is 0 Å². The first-order valence-electron chi connectivity index (χ1n) is 4.77. The second kappa shape index (κ2) is 3.96. The summed E-state index contributed by atoms with van der Waals surface area (Å²) in [5, 5.41) is 6.16. The van der Waals surface area contributed by atoms with Crippen LogP contribution in [-0.4, -0.2) is 42.6 Å². The van der Waals surface area contributed by atoms with E-state index in [2.05, 4.69) is 10.6 Å². The first-order chi connectivity index (χ1) is 5.99. The summed E-state index contributed by atoms with van der Waals surface area (Å²) in [6.07, 6.45) is 0. The molecule has 1 heterocycles. The van der Waals surface area contributed by atoms with Crippen LogP contribution >= 0.6 is 0 Å². The molecular weight excluding hydrogens is 166 g/mol. The number of carbonyl (C=O) groups is 1. The van der Waals surface area contributed by atoms with E-state index in [1.807, 2.05) is 25.7 Å². The summed E-state index contributed by atoms with van der Waals surface area (Å²) >= 11 is 0. The normalized spacial score (nSPS) is 18.5. The van der Waals surface area contributed by atoms with E-state index in [4.69, 9.17) is 0 Å². The quantitative estimate of drug-likeness (QED) is 0.574. The van der Waals surface area contributed by atoms with Gasteiger partial charge in [-0.1, -0.05) is 0 Å². The lowest BCUT2D eigenvalue weighted by Crippen LogP contribution is -2.54. The van der Waals surface area contributed by atoms with Crippen LogP contribution in [-0.2, 0) is 0 Å². The highest BCUT2D eigenvalue weighted by Crippen LogP contribution is 2.01. The van der Waals surface area contributed by atoms with Crippen LogP contribution in [0.15, 0.2) is 0 Å². The Morgan fingerprint density at radius 3 is 2.31 bits per heavy atom. The van der Waals surface area contributed by atoms with E-state index in [1.165, 1.54) is 0 Å². The molecule has 0 aromatic carbocycles. The standard InChI is InChI=1S/C9H19N3O/c1-9(2,3)11-8(13)12-6-4-10-5-7-12/h10H,4-7H2,1-3H3,(H,11,13). The molecule has 4 heteroatoms. The number of nitrogens with one attached hydrogen (secondary N) is 2. The molecule has 1 aliphatic heterocycles. The molecule has 1 aliphatic rings. The van der Waals surface area contributed by atoms with E-state index in [0.717, 1.165) is 26.2 Å². The molecule has 2 amide bonds. The third-order valence-electron chi connectivity index (χ3n) is 1.89. The molecule has 4 nitrogen and oxygen atoms in total. The maximum absolute atomic E-state index is 11.6. The fourth-order valence-electron chi connectivity index (χ4n) is 1.27. The van der Waals surface area contributed by atoms with Crippen molar-refractivity contribution in [2.75, 3.05) is 26.2 Å². The summed E-state index contributed by atoms with van der Waals surface area (Å²) in [6.45, 7) is 9.40. The van der Waals surface area contributed by atoms with Crippen molar-refractivity contribution in [3.63, 3.8) is 0 Å². The van der Waals surface area contributed by atoms with Gasteiger partial charge in [-0.2, -0.15) is 0 Å². The maximum atomic E-state index is 11.6. The van der Waals surface area contributed by atoms with Gasteiger partial charge in [-0.3, -0.25) is 0 Å². The first-order valence-corrected chi connectivity index (χ1v) is 4.77. The smallest absolute Gasteiger partial charge is 0.317 e. The Morgan fingerprint density at radius 2 is 1.85 bits per heavy atom. The molecule has 1 saturated heterocycles. The zero-order chi connectivity index (χ0) is 9.90. The van der Waals surface area contributed by atoms with Crippen LogP contribution in [0.4, 0.5) is 4.79 Å². The molecule has 0 atom stereocenters. The van der Waals surface area contributed by atoms with Crippen LogP contribution in [0.3, 0.4) is 0 Å². The lowest BCUT2D eigenvalue weighted by Gasteiger charge is -2.31. The average Bonchev–Trinajstić information content (AvgIpc) is 2.03. The van der Waals surface area contributed by atoms with Gasteiger partial charge in [0.05, 0.1) is 0 Å². The topological polar surface area (TPSA) is 44.4 Å². The van der Waals surface area contributed by atoms with E-state index in [1.54, 1.807) is 0 Å². The second-order valence-corrected chi connectivity index (χ2v) is 4.42. The van der Waals surface area contributed by atoms with Crippen LogP contribution < -0.4 is 10.6 Å². The van der Waals surface area contributed by atoms with Gasteiger partial charge in [0.25, 0.3) is 0 Å². The molecule has 0 spiro atoms. The molecule has 0 bridgehead atoms. The zero-order valence-corrected chi connectivity index (χ0v) is 8.68. The minimum absolute atomic E-state index is 0.0500. The summed E-state index contributed by atoms with van der Waals surface area (Å²) in [5.74, 6) is 0. The predicted molar refractivity (Wildman–Crippen MR) is 52.7 cm³/mol. The van der Waals surface area contributed by atoms with Gasteiger partial charge in [0, 0.05) is 31.7 Å². The van der Waals surface area contributed by atoms with E-state index in [-0.39, 0.29) is 11.6 Å². The minimum Gasteiger partial charge on any atom is -0.333 e. The third kappa shape index (κ3) is 3.63. The van der Waals surface area contributed by atoms with Crippen molar-refractivity contribution >= 4 is 6.03 Å². The summed E-state index contributed by atoms with van der Waals surface area (Å²) in [6, 6.07) is 0.0500. The fraction of sp³-hybridized carbons (Fsp3) is 0.889. The van der Waals surface area contributed by atoms with Crippen molar-refractivity contribution in [2.24, 2.45) is 0 Å². The summed E-state index contributed by atoms with van der Waals surface area (Å²) in [7, 11) is 0. The lowest BCUT2D eigenvalue weighted by molar-refractivity contribution is 0.181. The molecule has 1 rings (SSSR count). The maximum Gasteiger partial charge on any atom is 0.317 e. The molecule has 0 aliphatic carbocycles. The molecular formula is C9H19N3O. The van der Waals surface area contributed by atoms with Crippen molar-refractivity contribution in [1.29, 1.82) is 0 Å². The second-order valence-electron chi connectivity index (χ2n) is 4.42. The summed E-state index contributed by atoms with van der Waals surface area (Å²) in [5.41, 5.74) is -0.137. The minimum atomic E-state index is -0.137. The molecule has 0 radical (unpaired) electrons. The molecule has 0 saturated carbocycles. The van der Waals surface area contributed by atoms with Gasteiger partial charge < -0.3 is 15.5 Å². The molecule has 76 valence electrons. The molecule has 0 unspecified atom stereocenters. The number of urea groups is 1. The third-order valence-corrected chi connectivity index (χ3v) is 1.89. The van der Waals surface area contributed by atoms with Crippen LogP contribution in [0.25, 0.3) is 0 Å². The number of nitrogens with zero attached hydrogens (tertiary/aromatic N) is 1. The SMILES string of the molecule is CC(C)(C)NC(=O)N1CCNCC1. The van der Waals surface area contributed by atoms with Gasteiger partial charge in [-0.25, -0.2) is 4.79 Å². The fourth-order valence-corrected chi connectivity index (χ4v) is 1.27. The first kappa shape index (κ1) is 10.3. The highest BCUT2D eigenvalue weighted by atomic mass is 16.2. The van der Waals surface area contributed by atoms with Crippen molar-refractivity contribution in [3.8, 4) is 0 Å². The van der Waals surface area contributed by atoms with Crippen LogP contribution in [0.1, 0.15) is 20.8 Å². The van der Waals surface area contributed by atoms with Crippen molar-refractivity contribution in [3.05, 3.63) is 0 Å². The Kier molecular flexibility index (Phi) is 3.14. The van der Waals surface area contributed by atoms with Gasteiger partial charge in [0.15, 0.2) is 0 Å². The number of amides is 2. The van der Waals surface area contributed by atoms with Gasteiger partial charge in [-0.05, 0) is 20.8 Å². The van der Waals surface area contributed by atoms with Gasteiger partial charge in [-0.15, -0.1) is 0 Å². The van der Waals surface area contributed by atoms with E-state index >= 15 is 0 Å². The number of piperazine rings is 1. The van der Waals surface area contributed by atoms with Crippen molar-refractivity contribution < 1.29 is 4.79 Å². The number of hydrogen-bond acceptors (Lipinski definition) is 2. The van der Waals surface area contributed by atoms with Gasteiger partial charge in [0.1, 0.15) is 0 Å². The van der Waals surface area contributed by atoms with E-state index < -0.39 is 0 Å². The predicted octanol–water partition coefficient (Wildman–Crippen LogP) is 0.400. The molecule has 1 fully saturated rings. The largest absolute Gasteiger partial charge is 0.333 e. The highest BCUT2D eigenvalue weighted by Gasteiger charge is 2.20. The summed E-state index contributed by atoms with van der Waals surface area (Å²) in [4.78, 5) is 13.4. The molecule has 0 aromatic rings. The van der Waals surface area contributed by atoms with E-state index in [9.17, 15) is 4.79 Å². The average molecular weight is 185 g/mol. The lowest BCUT2D eigenvalue weighted by atomic mass is 10.1. The molecule has 0 aromatic heterocycles. The van der Waals surface area contributed by atoms with Crippen molar-refractivity contribution in [2.45, 2.75) is 26.3 Å². The van der Waals surface area contributed by atoms with Crippen molar-refractivity contribution in [1.82, 2.24) is 15.5 Å². The number of carbonyl (C=O) groups excluding carboxylic acids is 1. The number of rotatable bonds is 0. The van der Waals surface area contributed by atoms with E-state index in [0.29, 0.717) is 0 Å². The van der Waals surface area contributed by atoms with Crippen LogP contribution in [0.5, 0.6) is 0 Å². The molecule has 2 N–H and O–H groups in total. The van der Waals surface area contributed by atoms with Crippen LogP contribution in [0, 0.1) is 0 Å².